The van der Waals surface area contributed by atoms with E-state index in [2.05, 4.69) is 16.9 Å². The number of amides is 2. The molecule has 2 amide bonds. The van der Waals surface area contributed by atoms with Crippen molar-refractivity contribution in [3.8, 4) is 11.5 Å². The number of hydrazine groups is 1. The second-order valence-corrected chi connectivity index (χ2v) is 4.99. The number of rotatable bonds is 2. The fourth-order valence-electron chi connectivity index (χ4n) is 2.36. The molecule has 6 nitrogen and oxygen atoms in total. The van der Waals surface area contributed by atoms with Gasteiger partial charge < -0.3 is 9.47 Å². The molecule has 21 heavy (non-hydrogen) atoms. The van der Waals surface area contributed by atoms with Gasteiger partial charge in [0.2, 0.25) is 12.7 Å². The lowest BCUT2D eigenvalue weighted by Crippen LogP contribution is -2.44. The lowest BCUT2D eigenvalue weighted by atomic mass is 9.94. The van der Waals surface area contributed by atoms with E-state index in [0.717, 1.165) is 12.8 Å². The predicted molar refractivity (Wildman–Crippen MR) is 74.7 cm³/mol. The number of carbonyl (C=O) groups is 2. The van der Waals surface area contributed by atoms with Crippen molar-refractivity contribution in [2.24, 2.45) is 5.92 Å². The summed E-state index contributed by atoms with van der Waals surface area (Å²) in [6.45, 7) is 0.159. The van der Waals surface area contributed by atoms with Crippen LogP contribution in [0.1, 0.15) is 29.6 Å². The fourth-order valence-corrected chi connectivity index (χ4v) is 2.36. The first-order valence-electron chi connectivity index (χ1n) is 6.89. The minimum absolute atomic E-state index is 0.0768. The molecule has 0 spiro atoms. The average molecular weight is 288 g/mol. The summed E-state index contributed by atoms with van der Waals surface area (Å²) in [5, 5.41) is 0. The first-order chi connectivity index (χ1) is 10.2. The van der Waals surface area contributed by atoms with E-state index in [0.29, 0.717) is 23.5 Å². The van der Waals surface area contributed by atoms with Crippen molar-refractivity contribution in [1.82, 2.24) is 10.9 Å². The summed E-state index contributed by atoms with van der Waals surface area (Å²) in [5.74, 6) is 0.532. The Morgan fingerprint density at radius 2 is 1.95 bits per heavy atom. The number of hydrogen-bond acceptors (Lipinski definition) is 4. The largest absolute Gasteiger partial charge is 0.454 e. The molecule has 1 aromatic carbocycles. The van der Waals surface area contributed by atoms with E-state index in [1.807, 2.05) is 6.08 Å². The Balaban J connectivity index is 1.56. The molecule has 0 saturated carbocycles. The maximum absolute atomic E-state index is 12.0. The summed E-state index contributed by atoms with van der Waals surface area (Å²) in [6, 6.07) is 4.89. The second kappa shape index (κ2) is 5.87. The van der Waals surface area contributed by atoms with Crippen LogP contribution in [0.3, 0.4) is 0 Å². The standard InChI is InChI=1S/C15H16N2O4/c18-14(10-4-2-1-3-5-10)16-17-15(19)11-6-7-12-13(8-11)21-9-20-12/h1-2,6-8,10H,3-5,9H2,(H,16,18)(H,17,19). The first-order valence-corrected chi connectivity index (χ1v) is 6.89. The highest BCUT2D eigenvalue weighted by Crippen LogP contribution is 2.32. The maximum Gasteiger partial charge on any atom is 0.269 e. The highest BCUT2D eigenvalue weighted by molar-refractivity contribution is 5.96. The zero-order valence-corrected chi connectivity index (χ0v) is 11.4. The van der Waals surface area contributed by atoms with E-state index in [9.17, 15) is 9.59 Å². The van der Waals surface area contributed by atoms with Gasteiger partial charge in [-0.2, -0.15) is 0 Å². The molecular weight excluding hydrogens is 272 g/mol. The van der Waals surface area contributed by atoms with Crippen molar-refractivity contribution in [3.05, 3.63) is 35.9 Å². The van der Waals surface area contributed by atoms with Crippen LogP contribution in [0.4, 0.5) is 0 Å². The van der Waals surface area contributed by atoms with Gasteiger partial charge in [0, 0.05) is 11.5 Å². The van der Waals surface area contributed by atoms with Crippen LogP contribution in [-0.2, 0) is 4.79 Å². The summed E-state index contributed by atoms with van der Waals surface area (Å²) >= 11 is 0. The van der Waals surface area contributed by atoms with Crippen molar-refractivity contribution in [2.75, 3.05) is 6.79 Å². The molecule has 1 atom stereocenters. The molecule has 0 saturated heterocycles. The maximum atomic E-state index is 12.0. The Labute approximate surface area is 122 Å². The highest BCUT2D eigenvalue weighted by Gasteiger charge is 2.20. The lowest BCUT2D eigenvalue weighted by Gasteiger charge is -2.17. The van der Waals surface area contributed by atoms with Crippen molar-refractivity contribution in [3.63, 3.8) is 0 Å². The average Bonchev–Trinajstić information content (AvgIpc) is 3.00. The second-order valence-electron chi connectivity index (χ2n) is 4.99. The Hall–Kier alpha value is -2.50. The SMILES string of the molecule is O=C(NNC(=O)C1CC=CCC1)c1ccc2c(c1)OCO2. The first kappa shape index (κ1) is 13.5. The van der Waals surface area contributed by atoms with Gasteiger partial charge in [0.05, 0.1) is 0 Å². The molecule has 6 heteroatoms. The third kappa shape index (κ3) is 2.99. The van der Waals surface area contributed by atoms with Gasteiger partial charge in [-0.1, -0.05) is 12.2 Å². The number of hydrogen-bond donors (Lipinski definition) is 2. The summed E-state index contributed by atoms with van der Waals surface area (Å²) in [7, 11) is 0. The number of nitrogens with one attached hydrogen (secondary N) is 2. The molecule has 1 aromatic rings. The van der Waals surface area contributed by atoms with Crippen molar-refractivity contribution >= 4 is 11.8 Å². The Morgan fingerprint density at radius 1 is 1.10 bits per heavy atom. The Kier molecular flexibility index (Phi) is 3.77. The summed E-state index contributed by atoms with van der Waals surface area (Å²) < 4.78 is 10.4. The zero-order valence-electron chi connectivity index (χ0n) is 11.4. The zero-order chi connectivity index (χ0) is 14.7. The molecule has 1 aliphatic carbocycles. The van der Waals surface area contributed by atoms with Crippen LogP contribution in [-0.4, -0.2) is 18.6 Å². The molecule has 2 N–H and O–H groups in total. The van der Waals surface area contributed by atoms with Crippen LogP contribution in [0, 0.1) is 5.92 Å². The molecule has 1 unspecified atom stereocenters. The van der Waals surface area contributed by atoms with Gasteiger partial charge in [0.15, 0.2) is 11.5 Å². The van der Waals surface area contributed by atoms with Crippen LogP contribution < -0.4 is 20.3 Å². The predicted octanol–water partition coefficient (Wildman–Crippen LogP) is 1.53. The van der Waals surface area contributed by atoms with E-state index < -0.39 is 0 Å². The van der Waals surface area contributed by atoms with Gasteiger partial charge in [0.25, 0.3) is 5.91 Å². The molecule has 110 valence electrons. The molecular formula is C15H16N2O4. The van der Waals surface area contributed by atoms with Crippen LogP contribution in [0.2, 0.25) is 0 Å². The molecule has 0 aromatic heterocycles. The normalized spacial score (nSPS) is 19.1. The van der Waals surface area contributed by atoms with Gasteiger partial charge in [-0.3, -0.25) is 20.4 Å². The van der Waals surface area contributed by atoms with Gasteiger partial charge in [-0.05, 0) is 37.5 Å². The topological polar surface area (TPSA) is 76.7 Å². The number of fused-ring (bicyclic) bond motifs is 1. The molecule has 3 rings (SSSR count). The molecule has 1 aliphatic heterocycles. The highest BCUT2D eigenvalue weighted by atomic mass is 16.7. The summed E-state index contributed by atoms with van der Waals surface area (Å²) in [5.41, 5.74) is 5.31. The van der Waals surface area contributed by atoms with Gasteiger partial charge in [0.1, 0.15) is 0 Å². The monoisotopic (exact) mass is 288 g/mol. The smallest absolute Gasteiger partial charge is 0.269 e. The van der Waals surface area contributed by atoms with Crippen LogP contribution in [0.25, 0.3) is 0 Å². The minimum atomic E-state index is -0.381. The summed E-state index contributed by atoms with van der Waals surface area (Å²) in [6.07, 6.45) is 6.48. The summed E-state index contributed by atoms with van der Waals surface area (Å²) in [4.78, 5) is 23.9. The molecule has 2 aliphatic rings. The fraction of sp³-hybridized carbons (Fsp3) is 0.333. The molecule has 0 bridgehead atoms. The van der Waals surface area contributed by atoms with Crippen LogP contribution >= 0.6 is 0 Å². The quantitative estimate of drug-likeness (QED) is 0.639. The van der Waals surface area contributed by atoms with E-state index >= 15 is 0 Å². The van der Waals surface area contributed by atoms with Crippen molar-refractivity contribution in [2.45, 2.75) is 19.3 Å². The lowest BCUT2D eigenvalue weighted by molar-refractivity contribution is -0.126. The van der Waals surface area contributed by atoms with Gasteiger partial charge in [-0.15, -0.1) is 0 Å². The van der Waals surface area contributed by atoms with Crippen molar-refractivity contribution in [1.29, 1.82) is 0 Å². The number of benzene rings is 1. The van der Waals surface area contributed by atoms with E-state index in [1.54, 1.807) is 18.2 Å². The Morgan fingerprint density at radius 3 is 2.76 bits per heavy atom. The van der Waals surface area contributed by atoms with Crippen LogP contribution in [0.15, 0.2) is 30.4 Å². The van der Waals surface area contributed by atoms with E-state index in [4.69, 9.17) is 9.47 Å². The number of ether oxygens (including phenoxy) is 2. The van der Waals surface area contributed by atoms with E-state index in [1.165, 1.54) is 0 Å². The number of carbonyl (C=O) groups excluding carboxylic acids is 2. The molecule has 0 fully saturated rings. The van der Waals surface area contributed by atoms with E-state index in [-0.39, 0.29) is 24.5 Å². The van der Waals surface area contributed by atoms with Gasteiger partial charge in [-0.25, -0.2) is 0 Å². The molecule has 0 radical (unpaired) electrons. The number of allylic oxidation sites excluding steroid dienone is 2. The van der Waals surface area contributed by atoms with Crippen LogP contribution in [0.5, 0.6) is 11.5 Å². The third-order valence-electron chi connectivity index (χ3n) is 3.57. The Bertz CT molecular complexity index is 597. The molecule has 1 heterocycles. The van der Waals surface area contributed by atoms with Gasteiger partial charge >= 0.3 is 0 Å². The van der Waals surface area contributed by atoms with Crippen molar-refractivity contribution < 1.29 is 19.1 Å². The third-order valence-corrected chi connectivity index (χ3v) is 3.57. The minimum Gasteiger partial charge on any atom is -0.454 e.